The molecule has 1 aromatic rings. The van der Waals surface area contributed by atoms with Gasteiger partial charge in [-0.2, -0.15) is 0 Å². The molecule has 12 atom stereocenters. The van der Waals surface area contributed by atoms with Gasteiger partial charge < -0.3 is 53.9 Å². The van der Waals surface area contributed by atoms with E-state index in [-0.39, 0.29) is 38.6 Å². The number of oxime groups is 1. The molecule has 0 radical (unpaired) electrons. The topological polar surface area (TPSA) is 177 Å². The van der Waals surface area contributed by atoms with E-state index < -0.39 is 72.7 Å². The lowest BCUT2D eigenvalue weighted by Gasteiger charge is -2.46. The lowest BCUT2D eigenvalue weighted by Crippen LogP contribution is -2.63. The van der Waals surface area contributed by atoms with Gasteiger partial charge in [-0.1, -0.05) is 61.9 Å². The van der Waals surface area contributed by atoms with Gasteiger partial charge in [-0.05, 0) is 64.9 Å². The minimum Gasteiger partial charge on any atom is -0.490 e. The number of hydrogen-bond acceptors (Lipinski definition) is 13. The van der Waals surface area contributed by atoms with Crippen LogP contribution in [-0.4, -0.2) is 126 Å². The highest BCUT2D eigenvalue weighted by molar-refractivity contribution is 5.96. The summed E-state index contributed by atoms with van der Waals surface area (Å²) in [6.45, 7) is 9.24. The molecule has 2 aliphatic heterocycles. The second-order valence-corrected chi connectivity index (χ2v) is 14.2. The molecule has 52 heavy (non-hydrogen) atoms. The summed E-state index contributed by atoms with van der Waals surface area (Å²) in [6.07, 6.45) is -0.253. The monoisotopic (exact) mass is 732 g/mol. The van der Waals surface area contributed by atoms with Crippen molar-refractivity contribution in [3.8, 4) is 5.75 Å². The Morgan fingerprint density at radius 1 is 1.04 bits per heavy atom. The van der Waals surface area contributed by atoms with E-state index >= 15 is 0 Å². The first-order valence-electron chi connectivity index (χ1n) is 18.3. The number of aldehydes is 1. The average molecular weight is 733 g/mol. The van der Waals surface area contributed by atoms with Gasteiger partial charge in [0.15, 0.2) is 12.9 Å². The molecule has 2 heterocycles. The Morgan fingerprint density at radius 3 is 2.38 bits per heavy atom. The Labute approximate surface area is 308 Å². The molecule has 0 saturated carbocycles. The fraction of sp³-hybridized carbons (Fsp3) is 0.667. The minimum absolute atomic E-state index is 0.0341. The van der Waals surface area contributed by atoms with E-state index in [0.29, 0.717) is 24.3 Å². The molecule has 1 fully saturated rings. The molecule has 0 bridgehead atoms. The third-order valence-corrected chi connectivity index (χ3v) is 9.95. The van der Waals surface area contributed by atoms with Crippen molar-refractivity contribution >= 4 is 18.0 Å². The standard InChI is InChI=1S/C39H60N2O11/c1-8-33-29(23-43)20-24(2)14-15-31(40-49-19-18-48-30-12-10-9-11-13-30)25(3)21-28(16-17-42)38(26(4)32(44)22-34(45)51-33)52-39-37(47)35(41(6)7)36(46)27(5)50-39/h9-15,17,20,25-29,32-33,35-39,43-44,46-47H,8,16,18-19,21-23H2,1-7H3/b15-14+,24-20+,40-31+/t25-,26+,27?,28+,29?,32-,33-,35?,36?,37?,38-,39?/m1/s1. The molecule has 292 valence electrons. The number of carbonyl (C=O) groups is 2. The van der Waals surface area contributed by atoms with Crippen molar-refractivity contribution in [1.29, 1.82) is 0 Å². The number of ether oxygens (including phenoxy) is 4. The Balaban J connectivity index is 2.02. The normalized spacial score (nSPS) is 36.4. The summed E-state index contributed by atoms with van der Waals surface area (Å²) in [5, 5.41) is 48.4. The molecule has 1 aromatic carbocycles. The quantitative estimate of drug-likeness (QED) is 0.107. The Morgan fingerprint density at radius 2 is 1.75 bits per heavy atom. The van der Waals surface area contributed by atoms with Crippen LogP contribution in [0.5, 0.6) is 5.75 Å². The van der Waals surface area contributed by atoms with Crippen molar-refractivity contribution in [2.24, 2.45) is 28.8 Å². The summed E-state index contributed by atoms with van der Waals surface area (Å²) in [7, 11) is 3.47. The third-order valence-electron chi connectivity index (χ3n) is 9.95. The van der Waals surface area contributed by atoms with Crippen molar-refractivity contribution < 1.29 is 53.8 Å². The number of rotatable bonds is 12. The summed E-state index contributed by atoms with van der Waals surface area (Å²) in [5.74, 6) is -2.01. The van der Waals surface area contributed by atoms with Crippen LogP contribution in [0.25, 0.3) is 0 Å². The van der Waals surface area contributed by atoms with Gasteiger partial charge in [0.2, 0.25) is 0 Å². The number of cyclic esters (lactones) is 1. The zero-order chi connectivity index (χ0) is 38.4. The van der Waals surface area contributed by atoms with E-state index in [1.165, 1.54) is 0 Å². The number of allylic oxidation sites excluding steroid dienone is 3. The summed E-state index contributed by atoms with van der Waals surface area (Å²) in [5.41, 5.74) is 1.36. The zero-order valence-corrected chi connectivity index (χ0v) is 31.6. The van der Waals surface area contributed by atoms with Crippen LogP contribution in [0.4, 0.5) is 0 Å². The van der Waals surface area contributed by atoms with E-state index in [0.717, 1.165) is 11.9 Å². The number of esters is 1. The first-order valence-corrected chi connectivity index (χ1v) is 18.3. The Kier molecular flexibility index (Phi) is 17.9. The predicted octanol–water partition coefficient (Wildman–Crippen LogP) is 3.28. The number of para-hydroxylation sites is 1. The van der Waals surface area contributed by atoms with Crippen LogP contribution in [-0.2, 0) is 28.6 Å². The molecule has 0 amide bonds. The Bertz CT molecular complexity index is 1320. The van der Waals surface area contributed by atoms with Crippen LogP contribution in [0.1, 0.15) is 60.3 Å². The SMILES string of the molecule is CC[C@H]1OC(=O)C[C@@H](O)[C@H](C)[C@@H](OC2OC(C)C(O)C(N(C)C)C2O)[C@@H](CC=O)C[C@@H](C)C(=N/OCCOc2ccccc2)/C=C/C(C)=C/C1CO. The highest BCUT2D eigenvalue weighted by atomic mass is 16.7. The van der Waals surface area contributed by atoms with Crippen molar-refractivity contribution in [3.05, 3.63) is 54.1 Å². The van der Waals surface area contributed by atoms with Crippen molar-refractivity contribution in [2.45, 2.75) is 109 Å². The van der Waals surface area contributed by atoms with Crippen LogP contribution < -0.4 is 4.74 Å². The summed E-state index contributed by atoms with van der Waals surface area (Å²) in [6, 6.07) is 8.64. The highest BCUT2D eigenvalue weighted by Crippen LogP contribution is 2.34. The number of aliphatic hydroxyl groups is 4. The lowest BCUT2D eigenvalue weighted by molar-refractivity contribution is -0.304. The van der Waals surface area contributed by atoms with Crippen LogP contribution >= 0.6 is 0 Å². The van der Waals surface area contributed by atoms with Gasteiger partial charge in [0, 0.05) is 24.2 Å². The van der Waals surface area contributed by atoms with E-state index in [1.54, 1.807) is 32.8 Å². The molecule has 1 saturated heterocycles. The maximum Gasteiger partial charge on any atom is 0.308 e. The largest absolute Gasteiger partial charge is 0.490 e. The molecule has 13 nitrogen and oxygen atoms in total. The van der Waals surface area contributed by atoms with Crippen LogP contribution in [0.3, 0.4) is 0 Å². The number of aliphatic hydroxyl groups excluding tert-OH is 4. The molecule has 0 spiro atoms. The van der Waals surface area contributed by atoms with Crippen molar-refractivity contribution in [2.75, 3.05) is 33.9 Å². The van der Waals surface area contributed by atoms with Gasteiger partial charge in [0.05, 0.1) is 49.2 Å². The summed E-state index contributed by atoms with van der Waals surface area (Å²) >= 11 is 0. The Hall–Kier alpha value is -3.17. The van der Waals surface area contributed by atoms with Gasteiger partial charge in [-0.3, -0.25) is 4.79 Å². The van der Waals surface area contributed by atoms with Crippen LogP contribution in [0, 0.1) is 23.7 Å². The summed E-state index contributed by atoms with van der Waals surface area (Å²) in [4.78, 5) is 32.8. The number of hydrogen-bond donors (Lipinski definition) is 4. The molecule has 6 unspecified atom stereocenters. The fourth-order valence-electron chi connectivity index (χ4n) is 6.89. The summed E-state index contributed by atoms with van der Waals surface area (Å²) < 4.78 is 24.0. The second-order valence-electron chi connectivity index (χ2n) is 14.2. The molecular weight excluding hydrogens is 672 g/mol. The molecule has 3 rings (SSSR count). The molecule has 0 aliphatic carbocycles. The number of carbonyl (C=O) groups excluding carboxylic acids is 2. The van der Waals surface area contributed by atoms with Gasteiger partial charge in [-0.25, -0.2) is 0 Å². The van der Waals surface area contributed by atoms with Gasteiger partial charge >= 0.3 is 5.97 Å². The molecule has 13 heteroatoms. The van der Waals surface area contributed by atoms with E-state index in [1.807, 2.05) is 69.3 Å². The van der Waals surface area contributed by atoms with Crippen LogP contribution in [0.2, 0.25) is 0 Å². The molecular formula is C39H60N2O11. The van der Waals surface area contributed by atoms with E-state index in [2.05, 4.69) is 5.16 Å². The number of likely N-dealkylation sites (N-methyl/N-ethyl adjacent to an activating group) is 1. The number of nitrogens with zero attached hydrogens (tertiary/aromatic N) is 2. The average Bonchev–Trinajstić information content (AvgIpc) is 3.11. The van der Waals surface area contributed by atoms with Gasteiger partial charge in [-0.15, -0.1) is 0 Å². The van der Waals surface area contributed by atoms with Crippen LogP contribution in [0.15, 0.2) is 59.3 Å². The number of benzene rings is 1. The van der Waals surface area contributed by atoms with Gasteiger partial charge in [0.25, 0.3) is 0 Å². The molecule has 0 aromatic heterocycles. The van der Waals surface area contributed by atoms with Crippen molar-refractivity contribution in [1.82, 2.24) is 4.90 Å². The first kappa shape index (κ1) is 43.2. The first-order chi connectivity index (χ1) is 24.8. The van der Waals surface area contributed by atoms with Crippen molar-refractivity contribution in [3.63, 3.8) is 0 Å². The highest BCUT2D eigenvalue weighted by Gasteiger charge is 2.47. The molecule has 2 aliphatic rings. The third kappa shape index (κ3) is 12.5. The smallest absolute Gasteiger partial charge is 0.308 e. The van der Waals surface area contributed by atoms with E-state index in [4.69, 9.17) is 23.8 Å². The lowest BCUT2D eigenvalue weighted by atomic mass is 9.79. The fourth-order valence-corrected chi connectivity index (χ4v) is 6.89. The maximum atomic E-state index is 13.2. The molecule has 4 N–H and O–H groups in total. The van der Waals surface area contributed by atoms with E-state index in [9.17, 15) is 30.0 Å². The second kappa shape index (κ2) is 21.5. The maximum absolute atomic E-state index is 13.2. The predicted molar refractivity (Wildman–Crippen MR) is 195 cm³/mol. The zero-order valence-electron chi connectivity index (χ0n) is 31.6. The van der Waals surface area contributed by atoms with Gasteiger partial charge in [0.1, 0.15) is 30.9 Å². The minimum atomic E-state index is -1.27.